The van der Waals surface area contributed by atoms with E-state index in [1.807, 2.05) is 0 Å². The lowest BCUT2D eigenvalue weighted by molar-refractivity contribution is 0.0924. The second-order valence-electron chi connectivity index (χ2n) is 5.74. The van der Waals surface area contributed by atoms with Crippen LogP contribution in [0.25, 0.3) is 0 Å². The second kappa shape index (κ2) is 5.75. The van der Waals surface area contributed by atoms with E-state index in [0.717, 1.165) is 0 Å². The van der Waals surface area contributed by atoms with Crippen molar-refractivity contribution in [1.29, 1.82) is 0 Å². The van der Waals surface area contributed by atoms with Gasteiger partial charge in [-0.25, -0.2) is 0 Å². The third-order valence-electron chi connectivity index (χ3n) is 3.43. The fourth-order valence-corrected chi connectivity index (χ4v) is 1.76. The molecule has 0 spiro atoms. The van der Waals surface area contributed by atoms with Crippen LogP contribution in [0.15, 0.2) is 18.2 Å². The Morgan fingerprint density at radius 1 is 1.39 bits per heavy atom. The summed E-state index contributed by atoms with van der Waals surface area (Å²) >= 11 is 5.94. The molecule has 0 saturated carbocycles. The lowest BCUT2D eigenvalue weighted by atomic mass is 9.78. The van der Waals surface area contributed by atoms with Crippen LogP contribution in [0.1, 0.15) is 44.5 Å². The van der Waals surface area contributed by atoms with Crippen LogP contribution in [-0.4, -0.2) is 12.9 Å². The summed E-state index contributed by atoms with van der Waals surface area (Å²) in [5.41, 5.74) is 0.683. The number of ether oxygens (including phenoxy) is 1. The van der Waals surface area contributed by atoms with E-state index in [1.54, 1.807) is 25.3 Å². The summed E-state index contributed by atoms with van der Waals surface area (Å²) in [6.45, 7) is 8.51. The number of carbonyl (C=O) groups is 1. The summed E-state index contributed by atoms with van der Waals surface area (Å²) < 4.78 is 5.21. The number of halogens is 1. The normalized spacial score (nSPS) is 13.2. The molecule has 1 aromatic rings. The van der Waals surface area contributed by atoms with Gasteiger partial charge in [-0.15, -0.1) is 0 Å². The summed E-state index contributed by atoms with van der Waals surface area (Å²) in [7, 11) is 1.56. The van der Waals surface area contributed by atoms with Gasteiger partial charge in [0.05, 0.1) is 12.7 Å². The monoisotopic (exact) mass is 268 g/mol. The molecule has 1 rings (SSSR count). The number of hydrogen-bond acceptors (Lipinski definition) is 2. The highest BCUT2D eigenvalue weighted by molar-refractivity contribution is 6.31. The summed E-state index contributed by atoms with van der Waals surface area (Å²) in [5, 5.41) is 0.558. The Hall–Kier alpha value is -1.02. The summed E-state index contributed by atoms with van der Waals surface area (Å²) in [4.78, 5) is 12.3. The molecule has 0 heterocycles. The molecule has 3 heteroatoms. The van der Waals surface area contributed by atoms with Crippen molar-refractivity contribution < 1.29 is 9.53 Å². The van der Waals surface area contributed by atoms with Gasteiger partial charge in [-0.1, -0.05) is 39.3 Å². The molecule has 0 bridgehead atoms. The largest absolute Gasteiger partial charge is 0.496 e. The fraction of sp³-hybridized carbons (Fsp3) is 0.533. The van der Waals surface area contributed by atoms with Gasteiger partial charge in [-0.05, 0) is 29.5 Å². The SMILES string of the molecule is COc1ccc(Cl)cc1C(=O)CC(C)C(C)(C)C. The molecule has 1 unspecified atom stereocenters. The third-order valence-corrected chi connectivity index (χ3v) is 3.67. The molecule has 0 amide bonds. The van der Waals surface area contributed by atoms with Gasteiger partial charge in [-0.3, -0.25) is 4.79 Å². The lowest BCUT2D eigenvalue weighted by Crippen LogP contribution is -2.20. The van der Waals surface area contributed by atoms with Crippen molar-refractivity contribution in [3.63, 3.8) is 0 Å². The minimum Gasteiger partial charge on any atom is -0.496 e. The van der Waals surface area contributed by atoms with E-state index >= 15 is 0 Å². The zero-order valence-electron chi connectivity index (χ0n) is 11.7. The van der Waals surface area contributed by atoms with Crippen LogP contribution in [0.2, 0.25) is 5.02 Å². The first-order chi connectivity index (χ1) is 8.25. The average Bonchev–Trinajstić information content (AvgIpc) is 2.27. The van der Waals surface area contributed by atoms with E-state index in [9.17, 15) is 4.79 Å². The van der Waals surface area contributed by atoms with Gasteiger partial charge >= 0.3 is 0 Å². The molecule has 18 heavy (non-hydrogen) atoms. The Labute approximate surface area is 114 Å². The molecule has 0 fully saturated rings. The standard InChI is InChI=1S/C15H21ClO2/c1-10(15(2,3)4)8-13(17)12-9-11(16)6-7-14(12)18-5/h6-7,9-10H,8H2,1-5H3. The Balaban J connectivity index is 2.94. The summed E-state index contributed by atoms with van der Waals surface area (Å²) in [6, 6.07) is 5.14. The predicted molar refractivity (Wildman–Crippen MR) is 75.6 cm³/mol. The molecule has 1 aromatic carbocycles. The first-order valence-electron chi connectivity index (χ1n) is 6.12. The van der Waals surface area contributed by atoms with Crippen molar-refractivity contribution in [2.45, 2.75) is 34.1 Å². The van der Waals surface area contributed by atoms with E-state index in [-0.39, 0.29) is 11.2 Å². The number of benzene rings is 1. The minimum absolute atomic E-state index is 0.0803. The van der Waals surface area contributed by atoms with Crippen LogP contribution in [0.3, 0.4) is 0 Å². The fourth-order valence-electron chi connectivity index (χ4n) is 1.59. The zero-order chi connectivity index (χ0) is 13.9. The van der Waals surface area contributed by atoms with Crippen molar-refractivity contribution >= 4 is 17.4 Å². The molecular weight excluding hydrogens is 248 g/mol. The van der Waals surface area contributed by atoms with E-state index in [2.05, 4.69) is 27.7 Å². The van der Waals surface area contributed by atoms with Crippen LogP contribution < -0.4 is 4.74 Å². The number of hydrogen-bond donors (Lipinski definition) is 0. The average molecular weight is 269 g/mol. The predicted octanol–water partition coefficient (Wildman–Crippen LogP) is 4.60. The molecule has 0 aromatic heterocycles. The van der Waals surface area contributed by atoms with Gasteiger partial charge in [0.2, 0.25) is 0 Å². The van der Waals surface area contributed by atoms with Crippen molar-refractivity contribution in [2.24, 2.45) is 11.3 Å². The number of methoxy groups -OCH3 is 1. The molecule has 2 nitrogen and oxygen atoms in total. The Morgan fingerprint density at radius 3 is 2.50 bits per heavy atom. The number of ketones is 1. The van der Waals surface area contributed by atoms with Crippen LogP contribution >= 0.6 is 11.6 Å². The number of rotatable bonds is 4. The summed E-state index contributed by atoms with van der Waals surface area (Å²) in [5.74, 6) is 0.968. The molecule has 0 N–H and O–H groups in total. The van der Waals surface area contributed by atoms with Crippen LogP contribution in [0.5, 0.6) is 5.75 Å². The maximum atomic E-state index is 12.3. The maximum Gasteiger partial charge on any atom is 0.166 e. The van der Waals surface area contributed by atoms with Gasteiger partial charge in [0.1, 0.15) is 5.75 Å². The lowest BCUT2D eigenvalue weighted by Gasteiger charge is -2.26. The topological polar surface area (TPSA) is 26.3 Å². The quantitative estimate of drug-likeness (QED) is 0.746. The van der Waals surface area contributed by atoms with Gasteiger partial charge in [0.15, 0.2) is 5.78 Å². The first-order valence-corrected chi connectivity index (χ1v) is 6.50. The van der Waals surface area contributed by atoms with Gasteiger partial charge in [0.25, 0.3) is 0 Å². The highest BCUT2D eigenvalue weighted by Crippen LogP contribution is 2.31. The second-order valence-corrected chi connectivity index (χ2v) is 6.18. The Bertz CT molecular complexity index is 433. The smallest absolute Gasteiger partial charge is 0.166 e. The van der Waals surface area contributed by atoms with Crippen molar-refractivity contribution in [1.82, 2.24) is 0 Å². The van der Waals surface area contributed by atoms with E-state index in [1.165, 1.54) is 0 Å². The molecular formula is C15H21ClO2. The number of Topliss-reactive ketones (excluding diaryl/α,β-unsaturated/α-hetero) is 1. The Kier molecular flexibility index (Phi) is 4.80. The van der Waals surface area contributed by atoms with E-state index < -0.39 is 0 Å². The molecule has 100 valence electrons. The molecule has 0 radical (unpaired) electrons. The molecule has 0 aliphatic rings. The maximum absolute atomic E-state index is 12.3. The molecule has 0 saturated heterocycles. The van der Waals surface area contributed by atoms with Gasteiger partial charge in [0, 0.05) is 11.4 Å². The molecule has 0 aliphatic carbocycles. The molecule has 1 atom stereocenters. The van der Waals surface area contributed by atoms with Gasteiger partial charge < -0.3 is 4.74 Å². The minimum atomic E-state index is 0.0803. The summed E-state index contributed by atoms with van der Waals surface area (Å²) in [6.07, 6.45) is 0.500. The van der Waals surface area contributed by atoms with Crippen LogP contribution in [0, 0.1) is 11.3 Å². The molecule has 0 aliphatic heterocycles. The first kappa shape index (κ1) is 15.0. The highest BCUT2D eigenvalue weighted by atomic mass is 35.5. The van der Waals surface area contributed by atoms with E-state index in [4.69, 9.17) is 16.3 Å². The third kappa shape index (κ3) is 3.74. The van der Waals surface area contributed by atoms with Gasteiger partial charge in [-0.2, -0.15) is 0 Å². The van der Waals surface area contributed by atoms with Crippen molar-refractivity contribution in [2.75, 3.05) is 7.11 Å². The Morgan fingerprint density at radius 2 is 2.00 bits per heavy atom. The van der Waals surface area contributed by atoms with Crippen molar-refractivity contribution in [3.8, 4) is 5.75 Å². The van der Waals surface area contributed by atoms with E-state index in [0.29, 0.717) is 28.7 Å². The highest BCUT2D eigenvalue weighted by Gasteiger charge is 2.24. The van der Waals surface area contributed by atoms with Crippen LogP contribution in [-0.2, 0) is 0 Å². The van der Waals surface area contributed by atoms with Crippen molar-refractivity contribution in [3.05, 3.63) is 28.8 Å². The zero-order valence-corrected chi connectivity index (χ0v) is 12.5. The number of carbonyl (C=O) groups excluding carboxylic acids is 1. The van der Waals surface area contributed by atoms with Crippen LogP contribution in [0.4, 0.5) is 0 Å².